The second-order valence-electron chi connectivity index (χ2n) is 12.3. The van der Waals surface area contributed by atoms with Gasteiger partial charge in [0.25, 0.3) is 5.79 Å². The van der Waals surface area contributed by atoms with Crippen molar-refractivity contribution < 1.29 is 37.6 Å². The molecule has 0 bridgehead atoms. The summed E-state index contributed by atoms with van der Waals surface area (Å²) in [5, 5.41) is 9.85. The van der Waals surface area contributed by atoms with Crippen LogP contribution < -0.4 is 14.4 Å². The number of para-hydroxylation sites is 1. The van der Waals surface area contributed by atoms with Crippen LogP contribution in [0.1, 0.15) is 35.1 Å². The molecule has 0 saturated carbocycles. The van der Waals surface area contributed by atoms with E-state index >= 15 is 4.39 Å². The molecule has 4 aliphatic heterocycles. The number of fused-ring (bicyclic) bond motifs is 3. The van der Waals surface area contributed by atoms with Gasteiger partial charge in [-0.15, -0.1) is 0 Å². The van der Waals surface area contributed by atoms with Crippen LogP contribution >= 0.6 is 11.6 Å². The zero-order chi connectivity index (χ0) is 31.7. The van der Waals surface area contributed by atoms with Gasteiger partial charge in [0, 0.05) is 31.6 Å². The largest absolute Gasteiger partial charge is 0.478 e. The molecule has 4 aliphatic rings. The number of carboxylic acids is 1. The first-order chi connectivity index (χ1) is 22.2. The van der Waals surface area contributed by atoms with E-state index in [2.05, 4.69) is 14.8 Å². The Morgan fingerprint density at radius 2 is 1.91 bits per heavy atom. The van der Waals surface area contributed by atoms with Crippen molar-refractivity contribution in [3.63, 3.8) is 0 Å². The van der Waals surface area contributed by atoms with Crippen molar-refractivity contribution in [2.75, 3.05) is 37.8 Å². The minimum absolute atomic E-state index is 0.0142. The van der Waals surface area contributed by atoms with Crippen LogP contribution in [0.4, 0.5) is 14.5 Å². The highest BCUT2D eigenvalue weighted by molar-refractivity contribution is 6.30. The first-order valence-electron chi connectivity index (χ1n) is 15.3. The fraction of sp³-hybridized carbons (Fsp3) is 0.394. The summed E-state index contributed by atoms with van der Waals surface area (Å²) < 4.78 is 56.3. The van der Waals surface area contributed by atoms with E-state index in [1.807, 2.05) is 22.8 Å². The highest BCUT2D eigenvalue weighted by Crippen LogP contribution is 2.51. The van der Waals surface area contributed by atoms with E-state index in [-0.39, 0.29) is 39.9 Å². The smallest absolute Gasteiger partial charge is 0.335 e. The van der Waals surface area contributed by atoms with Gasteiger partial charge in [0.2, 0.25) is 0 Å². The highest BCUT2D eigenvalue weighted by Gasteiger charge is 2.46. The van der Waals surface area contributed by atoms with E-state index < -0.39 is 23.4 Å². The lowest BCUT2D eigenvalue weighted by Gasteiger charge is -2.44. The molecule has 0 aliphatic carbocycles. The summed E-state index contributed by atoms with van der Waals surface area (Å²) in [5.41, 5.74) is 1.54. The van der Waals surface area contributed by atoms with E-state index in [1.54, 1.807) is 19.1 Å². The Hall–Kier alpha value is -3.97. The number of hydrogen-bond acceptors (Lipinski definition) is 8. The molecule has 10 nitrogen and oxygen atoms in total. The summed E-state index contributed by atoms with van der Waals surface area (Å²) in [6.07, 6.45) is 0.829. The SMILES string of the molecule is C[C@@]1(c2ccc(Cl)cc2F)Oc2cccc(N3CCN(Cc4nc5c(F)cc(C(=O)O)cc5n4C[C@@H]4CCO4)[C@@H]4COC[C@@H]43)c2O1. The van der Waals surface area contributed by atoms with Crippen LogP contribution in [0.25, 0.3) is 11.0 Å². The molecule has 0 radical (unpaired) electrons. The number of piperazine rings is 1. The maximum atomic E-state index is 15.1. The lowest BCUT2D eigenvalue weighted by Crippen LogP contribution is -2.59. The van der Waals surface area contributed by atoms with Crippen molar-refractivity contribution in [3.8, 4) is 11.5 Å². The Morgan fingerprint density at radius 3 is 2.67 bits per heavy atom. The van der Waals surface area contributed by atoms with Gasteiger partial charge in [0.15, 0.2) is 17.3 Å². The summed E-state index contributed by atoms with van der Waals surface area (Å²) in [5.74, 6) is -2.06. The number of halogens is 3. The van der Waals surface area contributed by atoms with Crippen LogP contribution in [0.2, 0.25) is 5.02 Å². The first kappa shape index (κ1) is 29.4. The maximum absolute atomic E-state index is 15.1. The molecule has 3 fully saturated rings. The van der Waals surface area contributed by atoms with Crippen LogP contribution in [-0.4, -0.2) is 76.6 Å². The van der Waals surface area contributed by atoms with Crippen molar-refractivity contribution in [2.45, 2.75) is 50.4 Å². The van der Waals surface area contributed by atoms with Crippen LogP contribution in [0, 0.1) is 11.6 Å². The van der Waals surface area contributed by atoms with Crippen molar-refractivity contribution in [1.29, 1.82) is 0 Å². The molecule has 4 aromatic rings. The number of hydrogen-bond donors (Lipinski definition) is 1. The Morgan fingerprint density at radius 1 is 1.09 bits per heavy atom. The summed E-state index contributed by atoms with van der Waals surface area (Å²) >= 11 is 5.99. The summed E-state index contributed by atoms with van der Waals surface area (Å²) in [6, 6.07) is 12.5. The van der Waals surface area contributed by atoms with Gasteiger partial charge in [-0.05, 0) is 48.9 Å². The third-order valence-electron chi connectivity index (χ3n) is 9.47. The zero-order valence-electron chi connectivity index (χ0n) is 24.9. The molecule has 0 spiro atoms. The highest BCUT2D eigenvalue weighted by atomic mass is 35.5. The van der Waals surface area contributed by atoms with Gasteiger partial charge in [0.05, 0.1) is 66.8 Å². The number of imidazole rings is 1. The summed E-state index contributed by atoms with van der Waals surface area (Å²) in [4.78, 5) is 20.9. The second kappa shape index (κ2) is 11.1. The van der Waals surface area contributed by atoms with Gasteiger partial charge in [-0.3, -0.25) is 4.90 Å². The van der Waals surface area contributed by atoms with Gasteiger partial charge in [-0.1, -0.05) is 17.7 Å². The molecule has 3 saturated heterocycles. The monoisotopic (exact) mass is 652 g/mol. The van der Waals surface area contributed by atoms with Gasteiger partial charge < -0.3 is 33.5 Å². The number of aromatic nitrogens is 2. The number of carboxylic acid groups (broad SMARTS) is 1. The molecule has 3 aromatic carbocycles. The van der Waals surface area contributed by atoms with E-state index in [1.165, 1.54) is 12.1 Å². The molecule has 0 unspecified atom stereocenters. The number of benzene rings is 3. The van der Waals surface area contributed by atoms with E-state index in [0.717, 1.165) is 18.2 Å². The van der Waals surface area contributed by atoms with Gasteiger partial charge in [-0.25, -0.2) is 18.6 Å². The number of aromatic carboxylic acids is 1. The first-order valence-corrected chi connectivity index (χ1v) is 15.6. The molecular weight excluding hydrogens is 622 g/mol. The molecule has 1 N–H and O–H groups in total. The molecular formula is C33H31ClF2N4O6. The summed E-state index contributed by atoms with van der Waals surface area (Å²) in [7, 11) is 0. The molecule has 1 aromatic heterocycles. The molecule has 4 atom stereocenters. The molecule has 5 heterocycles. The van der Waals surface area contributed by atoms with Crippen molar-refractivity contribution in [1.82, 2.24) is 14.5 Å². The average molecular weight is 653 g/mol. The minimum atomic E-state index is -1.38. The van der Waals surface area contributed by atoms with Gasteiger partial charge in [0.1, 0.15) is 17.2 Å². The van der Waals surface area contributed by atoms with Crippen LogP contribution in [0.5, 0.6) is 11.5 Å². The van der Waals surface area contributed by atoms with Crippen molar-refractivity contribution >= 4 is 34.3 Å². The van der Waals surface area contributed by atoms with E-state index in [4.69, 9.17) is 30.5 Å². The molecule has 0 amide bonds. The Balaban J connectivity index is 1.08. The Labute approximate surface area is 268 Å². The zero-order valence-corrected chi connectivity index (χ0v) is 25.7. The predicted molar refractivity (Wildman–Crippen MR) is 164 cm³/mol. The molecule has 8 rings (SSSR count). The number of carbonyl (C=O) groups is 1. The average Bonchev–Trinajstić information content (AvgIpc) is 3.71. The van der Waals surface area contributed by atoms with Crippen LogP contribution in [-0.2, 0) is 28.4 Å². The van der Waals surface area contributed by atoms with E-state index in [9.17, 15) is 14.3 Å². The molecule has 240 valence electrons. The number of anilines is 1. The minimum Gasteiger partial charge on any atom is -0.478 e. The number of nitrogens with zero attached hydrogens (tertiary/aromatic N) is 4. The molecule has 46 heavy (non-hydrogen) atoms. The fourth-order valence-electron chi connectivity index (χ4n) is 7.04. The Kier molecular flexibility index (Phi) is 7.09. The number of ether oxygens (including phenoxy) is 4. The normalized spacial score (nSPS) is 25.6. The maximum Gasteiger partial charge on any atom is 0.335 e. The summed E-state index contributed by atoms with van der Waals surface area (Å²) in [6.45, 7) is 5.47. The topological polar surface area (TPSA) is 98.5 Å². The van der Waals surface area contributed by atoms with Crippen LogP contribution in [0.15, 0.2) is 48.5 Å². The third-order valence-corrected chi connectivity index (χ3v) is 9.70. The quantitative estimate of drug-likeness (QED) is 0.289. The van der Waals surface area contributed by atoms with Crippen molar-refractivity contribution in [2.24, 2.45) is 0 Å². The van der Waals surface area contributed by atoms with Crippen LogP contribution in [0.3, 0.4) is 0 Å². The number of rotatable bonds is 7. The second-order valence-corrected chi connectivity index (χ2v) is 12.7. The fourth-order valence-corrected chi connectivity index (χ4v) is 7.20. The molecule has 13 heteroatoms. The van der Waals surface area contributed by atoms with Gasteiger partial charge >= 0.3 is 5.97 Å². The lowest BCUT2D eigenvalue weighted by atomic mass is 10.0. The van der Waals surface area contributed by atoms with Gasteiger partial charge in [-0.2, -0.15) is 0 Å². The Bertz CT molecular complexity index is 1870. The third kappa shape index (κ3) is 4.86. The lowest BCUT2D eigenvalue weighted by molar-refractivity contribution is -0.0705. The predicted octanol–water partition coefficient (Wildman–Crippen LogP) is 5.19. The standard InChI is InChI=1S/C33H31ClF2N4O6/c1-33(21-6-5-19(34)13-22(21)35)45-28-4-2-3-24(31(28)46-33)39-9-8-38(26-16-43-17-27(26)39)15-29-37-30-23(36)11-18(32(41)42)12-25(30)40(29)14-20-7-10-44-20/h2-6,11-13,20,26-27H,7-10,14-17H2,1H3,(H,41,42)/t20-,26+,27-,33+/m0/s1. The van der Waals surface area contributed by atoms with Crippen molar-refractivity contribution in [3.05, 3.63) is 82.1 Å². The van der Waals surface area contributed by atoms with E-state index in [0.29, 0.717) is 68.8 Å².